The summed E-state index contributed by atoms with van der Waals surface area (Å²) in [5.41, 5.74) is 0. The summed E-state index contributed by atoms with van der Waals surface area (Å²) in [5.74, 6) is -2.33. The van der Waals surface area contributed by atoms with E-state index < -0.39 is 11.9 Å². The van der Waals surface area contributed by atoms with Crippen LogP contribution in [-0.2, 0) is 9.59 Å². The molecule has 20 heavy (non-hydrogen) atoms. The Kier molecular flexibility index (Phi) is 36.6. The van der Waals surface area contributed by atoms with Crippen molar-refractivity contribution in [2.75, 3.05) is 6.61 Å². The second-order valence-corrected chi connectivity index (χ2v) is 2.72. The van der Waals surface area contributed by atoms with Gasteiger partial charge in [0.25, 0.3) is 0 Å². The minimum Gasteiger partial charge on any atom is -0.545 e. The van der Waals surface area contributed by atoms with Crippen molar-refractivity contribution < 1.29 is 24.9 Å². The Bertz CT molecular complexity index is 298. The molecule has 0 aromatic heterocycles. The number of hydrogen-bond acceptors (Lipinski definition) is 5. The third-order valence-corrected chi connectivity index (χ3v) is 1.07. The summed E-state index contributed by atoms with van der Waals surface area (Å²) in [4.78, 5) is 19.3. The molecule has 6 heteroatoms. The van der Waals surface area contributed by atoms with Gasteiger partial charge in [0.2, 0.25) is 0 Å². The first-order valence-corrected chi connectivity index (χ1v) is 5.57. The molecule has 0 amide bonds. The van der Waals surface area contributed by atoms with E-state index in [-0.39, 0.29) is 44.3 Å². The third-order valence-electron chi connectivity index (χ3n) is 1.07. The van der Waals surface area contributed by atoms with Crippen molar-refractivity contribution in [3.05, 3.63) is 48.6 Å². The van der Waals surface area contributed by atoms with Crippen molar-refractivity contribution in [2.24, 2.45) is 0 Å². The van der Waals surface area contributed by atoms with Crippen LogP contribution in [0.3, 0.4) is 0 Å². The van der Waals surface area contributed by atoms with E-state index >= 15 is 0 Å². The van der Waals surface area contributed by atoms with E-state index in [4.69, 9.17) is 5.11 Å². The molecule has 0 radical (unpaired) electrons. The Balaban J connectivity index is -0.000000103. The summed E-state index contributed by atoms with van der Waals surface area (Å²) >= 11 is 0. The molecule has 0 bridgehead atoms. The number of carboxylic acids is 2. The van der Waals surface area contributed by atoms with Crippen molar-refractivity contribution in [3.8, 4) is 0 Å². The smallest absolute Gasteiger partial charge is 0.545 e. The van der Waals surface area contributed by atoms with Gasteiger partial charge in [0.05, 0.1) is 11.9 Å². The van der Waals surface area contributed by atoms with E-state index in [9.17, 15) is 19.8 Å². The summed E-state index contributed by atoms with van der Waals surface area (Å²) in [6, 6.07) is 0. The summed E-state index contributed by atoms with van der Waals surface area (Å²) in [5, 5.41) is 26.9. The van der Waals surface area contributed by atoms with Crippen LogP contribution >= 0.6 is 0 Å². The largest absolute Gasteiger partial charge is 2.00 e. The number of allylic oxidation sites excluding steroid dienone is 6. The van der Waals surface area contributed by atoms with E-state index in [1.165, 1.54) is 12.2 Å². The zero-order valence-corrected chi connectivity index (χ0v) is 14.3. The molecule has 0 heterocycles. The molecule has 0 spiro atoms. The predicted octanol–water partition coefficient (Wildman–Crippen LogP) is -0.645. The number of carbonyl (C=O) groups is 2. The molecule has 5 nitrogen and oxygen atoms in total. The van der Waals surface area contributed by atoms with E-state index in [1.54, 1.807) is 45.1 Å². The number of aliphatic hydroxyl groups excluding tert-OH is 1. The molecule has 0 aromatic rings. The minimum absolute atomic E-state index is 0. The van der Waals surface area contributed by atoms with Crippen LogP contribution in [0.4, 0.5) is 0 Å². The third kappa shape index (κ3) is 53.5. The Morgan fingerprint density at radius 3 is 1.30 bits per heavy atom. The van der Waals surface area contributed by atoms with Gasteiger partial charge < -0.3 is 24.9 Å². The maximum atomic E-state index is 9.64. The fourth-order valence-electron chi connectivity index (χ4n) is 0.490. The van der Waals surface area contributed by atoms with Gasteiger partial charge in [-0.3, -0.25) is 0 Å². The normalized spacial score (nSPS) is 9.80. The maximum absolute atomic E-state index is 9.64. The first-order valence-electron chi connectivity index (χ1n) is 5.57. The quantitative estimate of drug-likeness (QED) is 0.423. The Labute approximate surface area is 150 Å². The van der Waals surface area contributed by atoms with Gasteiger partial charge in [0.15, 0.2) is 0 Å². The van der Waals surface area contributed by atoms with Crippen LogP contribution < -0.4 is 10.2 Å². The van der Waals surface area contributed by atoms with Crippen molar-refractivity contribution in [2.45, 2.75) is 20.8 Å². The molecule has 0 saturated carbocycles. The molecule has 0 atom stereocenters. The van der Waals surface area contributed by atoms with E-state index in [0.717, 1.165) is 12.2 Å². The van der Waals surface area contributed by atoms with Crippen LogP contribution in [0.15, 0.2) is 48.6 Å². The van der Waals surface area contributed by atoms with E-state index in [0.29, 0.717) is 0 Å². The predicted molar refractivity (Wildman–Crippen MR) is 76.4 cm³/mol. The number of carbonyl (C=O) groups excluding carboxylic acids is 2. The second kappa shape index (κ2) is 26.6. The van der Waals surface area contributed by atoms with Gasteiger partial charge in [0.1, 0.15) is 0 Å². The van der Waals surface area contributed by atoms with Gasteiger partial charge >= 0.3 is 37.7 Å². The van der Waals surface area contributed by atoms with Crippen LogP contribution in [0.1, 0.15) is 20.8 Å². The zero-order valence-electron chi connectivity index (χ0n) is 12.1. The fraction of sp³-hybridized carbons (Fsp3) is 0.286. The number of aliphatic hydroxyl groups is 1. The summed E-state index contributed by atoms with van der Waals surface area (Å²) in [7, 11) is 0. The number of aliphatic carboxylic acids is 2. The van der Waals surface area contributed by atoms with Gasteiger partial charge in [-0.25, -0.2) is 0 Å². The molecule has 0 aliphatic heterocycles. The van der Waals surface area contributed by atoms with E-state index in [1.807, 2.05) is 0 Å². The van der Waals surface area contributed by atoms with Crippen molar-refractivity contribution in [1.82, 2.24) is 0 Å². The molecular formula is C14H20CaO5. The summed E-state index contributed by atoms with van der Waals surface area (Å²) < 4.78 is 0. The van der Waals surface area contributed by atoms with Crippen LogP contribution in [0.5, 0.6) is 0 Å². The number of rotatable bonds is 4. The Morgan fingerprint density at radius 2 is 1.15 bits per heavy atom. The molecule has 0 saturated heterocycles. The molecule has 0 rings (SSSR count). The number of carboxylic acid groups (broad SMARTS) is 2. The zero-order chi connectivity index (χ0) is 15.5. The molecule has 0 aliphatic rings. The van der Waals surface area contributed by atoms with Crippen LogP contribution in [0, 0.1) is 0 Å². The van der Waals surface area contributed by atoms with Gasteiger partial charge in [0, 0.05) is 6.61 Å². The maximum Gasteiger partial charge on any atom is 2.00 e. The first kappa shape index (κ1) is 27.5. The van der Waals surface area contributed by atoms with Crippen molar-refractivity contribution >= 4 is 49.7 Å². The minimum atomic E-state index is -1.16. The first-order chi connectivity index (χ1) is 8.95. The van der Waals surface area contributed by atoms with Crippen molar-refractivity contribution in [1.29, 1.82) is 0 Å². The SMILES string of the molecule is C/C=C/C=C/C(=O)[O-].C/C=C/C=C/C(=O)[O-].CCO.[Ca+2]. The van der Waals surface area contributed by atoms with Gasteiger partial charge in [-0.2, -0.15) is 0 Å². The van der Waals surface area contributed by atoms with Gasteiger partial charge in [-0.1, -0.05) is 36.5 Å². The topological polar surface area (TPSA) is 100 Å². The van der Waals surface area contributed by atoms with E-state index in [2.05, 4.69) is 0 Å². The fourth-order valence-corrected chi connectivity index (χ4v) is 0.490. The summed E-state index contributed by atoms with van der Waals surface area (Å²) in [6.07, 6.45) is 11.5. The van der Waals surface area contributed by atoms with Crippen LogP contribution in [-0.4, -0.2) is 61.4 Å². The molecular weight excluding hydrogens is 288 g/mol. The molecule has 108 valence electrons. The molecule has 1 N–H and O–H groups in total. The Hall–Kier alpha value is -0.880. The average Bonchev–Trinajstić information content (AvgIpc) is 2.31. The Morgan fingerprint density at radius 1 is 0.900 bits per heavy atom. The standard InChI is InChI=1S/2C6H8O2.C2H6O.Ca/c2*1-2-3-4-5-6(7)8;1-2-3;/h2*2-5H,1H3,(H,7,8);3H,2H2,1H3;/q;;;+2/p-2/b2*3-2+,5-4+;;. The average molecular weight is 308 g/mol. The number of hydrogen-bond donors (Lipinski definition) is 1. The van der Waals surface area contributed by atoms with Gasteiger partial charge in [-0.05, 0) is 32.9 Å². The molecule has 0 aliphatic carbocycles. The van der Waals surface area contributed by atoms with Crippen LogP contribution in [0.25, 0.3) is 0 Å². The molecule has 0 aromatic carbocycles. The molecule has 0 fully saturated rings. The van der Waals surface area contributed by atoms with Crippen LogP contribution in [0.2, 0.25) is 0 Å². The summed E-state index contributed by atoms with van der Waals surface area (Å²) in [6.45, 7) is 5.54. The van der Waals surface area contributed by atoms with Gasteiger partial charge in [-0.15, -0.1) is 0 Å². The monoisotopic (exact) mass is 308 g/mol. The van der Waals surface area contributed by atoms with Crippen molar-refractivity contribution in [3.63, 3.8) is 0 Å². The second-order valence-electron chi connectivity index (χ2n) is 2.72. The molecule has 0 unspecified atom stereocenters.